The number of hydrogen-bond donors (Lipinski definition) is 0. The molecule has 0 bridgehead atoms. The third-order valence-electron chi connectivity index (χ3n) is 3.30. The predicted octanol–water partition coefficient (Wildman–Crippen LogP) is 2.90. The van der Waals surface area contributed by atoms with Gasteiger partial charge in [0.25, 0.3) is 0 Å². The Hall–Kier alpha value is -0.240. The van der Waals surface area contributed by atoms with Crippen LogP contribution in [0.5, 0.6) is 0 Å². The maximum absolute atomic E-state index is 11.8. The van der Waals surface area contributed by atoms with Crippen molar-refractivity contribution in [2.24, 2.45) is 11.3 Å². The quantitative estimate of drug-likeness (QED) is 0.636. The highest BCUT2D eigenvalue weighted by atomic mass is 35.5. The minimum absolute atomic E-state index is 0.0885. The lowest BCUT2D eigenvalue weighted by atomic mass is 9.76. The monoisotopic (exact) mass is 231 g/mol. The molecule has 1 aliphatic heterocycles. The Labute approximate surface area is 98.0 Å². The molecule has 2 nitrogen and oxygen atoms in total. The Morgan fingerprint density at radius 2 is 2.07 bits per heavy atom. The molecule has 1 rings (SSSR count). The number of halogens is 1. The number of rotatable bonds is 1. The molecule has 0 aromatic heterocycles. The molecule has 0 aromatic rings. The molecular formula is C12H22ClNO. The van der Waals surface area contributed by atoms with Crippen molar-refractivity contribution in [1.82, 2.24) is 4.90 Å². The lowest BCUT2D eigenvalue weighted by Gasteiger charge is -2.40. The van der Waals surface area contributed by atoms with E-state index >= 15 is 0 Å². The number of carbonyl (C=O) groups excluding carboxylic acids is 1. The van der Waals surface area contributed by atoms with Crippen molar-refractivity contribution in [1.29, 1.82) is 0 Å². The summed E-state index contributed by atoms with van der Waals surface area (Å²) in [6.45, 7) is 10.2. The third-order valence-corrected chi connectivity index (χ3v) is 3.48. The van der Waals surface area contributed by atoms with Gasteiger partial charge in [-0.1, -0.05) is 20.8 Å². The van der Waals surface area contributed by atoms with Gasteiger partial charge in [0.1, 0.15) is 5.38 Å². The number of carbonyl (C=O) groups is 1. The first kappa shape index (κ1) is 12.8. The lowest BCUT2D eigenvalue weighted by molar-refractivity contribution is -0.133. The molecule has 0 N–H and O–H groups in total. The van der Waals surface area contributed by atoms with Gasteiger partial charge in [-0.05, 0) is 31.1 Å². The average Bonchev–Trinajstić information content (AvgIpc) is 2.15. The lowest BCUT2D eigenvalue weighted by Crippen LogP contribution is -2.45. The molecule has 2 unspecified atom stereocenters. The Morgan fingerprint density at radius 3 is 2.53 bits per heavy atom. The fraction of sp³-hybridized carbons (Fsp3) is 0.917. The number of hydrogen-bond acceptors (Lipinski definition) is 1. The Morgan fingerprint density at radius 1 is 1.47 bits per heavy atom. The van der Waals surface area contributed by atoms with Gasteiger partial charge in [0, 0.05) is 13.1 Å². The van der Waals surface area contributed by atoms with Crippen LogP contribution >= 0.6 is 11.6 Å². The maximum atomic E-state index is 11.8. The van der Waals surface area contributed by atoms with E-state index in [1.807, 2.05) is 4.90 Å². The van der Waals surface area contributed by atoms with Crippen LogP contribution in [0.4, 0.5) is 0 Å². The Bertz CT molecular complexity index is 232. The molecule has 1 saturated heterocycles. The van der Waals surface area contributed by atoms with Gasteiger partial charge >= 0.3 is 0 Å². The second-order valence-corrected chi connectivity index (χ2v) is 6.26. The van der Waals surface area contributed by atoms with Gasteiger partial charge in [-0.25, -0.2) is 0 Å². The first-order valence-electron chi connectivity index (χ1n) is 5.75. The largest absolute Gasteiger partial charge is 0.341 e. The van der Waals surface area contributed by atoms with Crippen LogP contribution < -0.4 is 0 Å². The van der Waals surface area contributed by atoms with Crippen molar-refractivity contribution in [3.8, 4) is 0 Å². The van der Waals surface area contributed by atoms with E-state index in [1.54, 1.807) is 6.92 Å². The van der Waals surface area contributed by atoms with E-state index in [2.05, 4.69) is 20.8 Å². The Kier molecular flexibility index (Phi) is 4.05. The fourth-order valence-corrected chi connectivity index (χ4v) is 2.27. The van der Waals surface area contributed by atoms with Crippen LogP contribution in [-0.4, -0.2) is 29.3 Å². The molecule has 1 amide bonds. The second kappa shape index (κ2) is 4.73. The van der Waals surface area contributed by atoms with Crippen LogP contribution in [0.1, 0.15) is 40.5 Å². The first-order chi connectivity index (χ1) is 6.82. The van der Waals surface area contributed by atoms with Gasteiger partial charge in [-0.15, -0.1) is 11.6 Å². The summed E-state index contributed by atoms with van der Waals surface area (Å²) in [5, 5.41) is -0.385. The Balaban J connectivity index is 2.60. The van der Waals surface area contributed by atoms with E-state index in [9.17, 15) is 4.79 Å². The zero-order valence-electron chi connectivity index (χ0n) is 10.2. The van der Waals surface area contributed by atoms with Crippen molar-refractivity contribution in [2.75, 3.05) is 13.1 Å². The van der Waals surface area contributed by atoms with Crippen LogP contribution in [0.2, 0.25) is 0 Å². The SMILES string of the molecule is CC(Cl)C(=O)N1CCCC(C(C)(C)C)C1. The van der Waals surface area contributed by atoms with Crippen LogP contribution in [-0.2, 0) is 4.79 Å². The molecule has 0 spiro atoms. The standard InChI is InChI=1S/C12H22ClNO/c1-9(13)11(15)14-7-5-6-10(8-14)12(2,3)4/h9-10H,5-8H2,1-4H3. The summed E-state index contributed by atoms with van der Waals surface area (Å²) in [6, 6.07) is 0. The highest BCUT2D eigenvalue weighted by molar-refractivity contribution is 6.30. The molecule has 1 heterocycles. The van der Waals surface area contributed by atoms with E-state index in [-0.39, 0.29) is 16.7 Å². The molecule has 0 aromatic carbocycles. The summed E-state index contributed by atoms with van der Waals surface area (Å²) in [5.74, 6) is 0.691. The number of likely N-dealkylation sites (tertiary alicyclic amines) is 1. The molecule has 15 heavy (non-hydrogen) atoms. The maximum Gasteiger partial charge on any atom is 0.240 e. The molecule has 0 saturated carbocycles. The van der Waals surface area contributed by atoms with Crippen molar-refractivity contribution < 1.29 is 4.79 Å². The van der Waals surface area contributed by atoms with Gasteiger partial charge in [0.05, 0.1) is 0 Å². The van der Waals surface area contributed by atoms with Crippen molar-refractivity contribution in [2.45, 2.75) is 45.9 Å². The molecule has 2 atom stereocenters. The van der Waals surface area contributed by atoms with Crippen LogP contribution in [0.15, 0.2) is 0 Å². The first-order valence-corrected chi connectivity index (χ1v) is 6.19. The molecule has 0 aliphatic carbocycles. The molecular weight excluding hydrogens is 210 g/mol. The summed E-state index contributed by atoms with van der Waals surface area (Å²) in [6.07, 6.45) is 2.33. The minimum atomic E-state index is -0.385. The summed E-state index contributed by atoms with van der Waals surface area (Å²) in [7, 11) is 0. The van der Waals surface area contributed by atoms with Gasteiger partial charge in [0.2, 0.25) is 5.91 Å². The normalized spacial score (nSPS) is 25.1. The van der Waals surface area contributed by atoms with E-state index in [0.717, 1.165) is 19.5 Å². The summed E-state index contributed by atoms with van der Waals surface area (Å²) < 4.78 is 0. The average molecular weight is 232 g/mol. The molecule has 3 heteroatoms. The van der Waals surface area contributed by atoms with Gasteiger partial charge < -0.3 is 4.90 Å². The van der Waals surface area contributed by atoms with E-state index in [4.69, 9.17) is 11.6 Å². The molecule has 1 aliphatic rings. The predicted molar refractivity (Wildman–Crippen MR) is 64.1 cm³/mol. The highest BCUT2D eigenvalue weighted by Crippen LogP contribution is 2.33. The number of amides is 1. The smallest absolute Gasteiger partial charge is 0.240 e. The molecule has 0 radical (unpaired) electrons. The third kappa shape index (κ3) is 3.37. The number of piperidine rings is 1. The number of alkyl halides is 1. The molecule has 1 fully saturated rings. The second-order valence-electron chi connectivity index (χ2n) is 5.61. The van der Waals surface area contributed by atoms with Crippen LogP contribution in [0, 0.1) is 11.3 Å². The number of nitrogens with zero attached hydrogens (tertiary/aromatic N) is 1. The van der Waals surface area contributed by atoms with Gasteiger partial charge in [0.15, 0.2) is 0 Å². The van der Waals surface area contributed by atoms with Crippen LogP contribution in [0.25, 0.3) is 0 Å². The van der Waals surface area contributed by atoms with Crippen molar-refractivity contribution in [3.05, 3.63) is 0 Å². The topological polar surface area (TPSA) is 20.3 Å². The van der Waals surface area contributed by atoms with E-state index in [1.165, 1.54) is 6.42 Å². The van der Waals surface area contributed by atoms with Crippen LogP contribution in [0.3, 0.4) is 0 Å². The highest BCUT2D eigenvalue weighted by Gasteiger charge is 2.32. The van der Waals surface area contributed by atoms with E-state index in [0.29, 0.717) is 5.92 Å². The molecule has 88 valence electrons. The summed E-state index contributed by atoms with van der Waals surface area (Å²) >= 11 is 5.83. The fourth-order valence-electron chi connectivity index (χ4n) is 2.14. The van der Waals surface area contributed by atoms with E-state index < -0.39 is 0 Å². The zero-order chi connectivity index (χ0) is 11.6. The van der Waals surface area contributed by atoms with Crippen molar-refractivity contribution >= 4 is 17.5 Å². The van der Waals surface area contributed by atoms with Crippen molar-refractivity contribution in [3.63, 3.8) is 0 Å². The zero-order valence-corrected chi connectivity index (χ0v) is 11.0. The summed E-state index contributed by atoms with van der Waals surface area (Å²) in [5.41, 5.74) is 0.286. The minimum Gasteiger partial charge on any atom is -0.341 e. The van der Waals surface area contributed by atoms with Gasteiger partial charge in [-0.3, -0.25) is 4.79 Å². The summed E-state index contributed by atoms with van der Waals surface area (Å²) in [4.78, 5) is 13.7. The van der Waals surface area contributed by atoms with Gasteiger partial charge in [-0.2, -0.15) is 0 Å².